The lowest BCUT2D eigenvalue weighted by Crippen LogP contribution is -2.70. The fraction of sp³-hybridized carbons (Fsp3) is 0.800. The summed E-state index contributed by atoms with van der Waals surface area (Å²) in [5, 5.41) is 0. The van der Waals surface area contributed by atoms with E-state index in [1.54, 1.807) is 0 Å². The summed E-state index contributed by atoms with van der Waals surface area (Å²) < 4.78 is 189. The predicted molar refractivity (Wildman–Crippen MR) is 50.5 cm³/mol. The van der Waals surface area contributed by atoms with Gasteiger partial charge >= 0.3 is 42.2 Å². The van der Waals surface area contributed by atoms with Crippen LogP contribution in [-0.2, 0) is 0 Å². The van der Waals surface area contributed by atoms with Crippen molar-refractivity contribution in [3.63, 3.8) is 0 Å². The van der Waals surface area contributed by atoms with Gasteiger partial charge in [0.05, 0.1) is 0 Å². The van der Waals surface area contributed by atoms with E-state index < -0.39 is 54.2 Å². The predicted octanol–water partition coefficient (Wildman–Crippen LogP) is 5.79. The maximum absolute atomic E-state index is 13.2. The Morgan fingerprint density at radius 1 is 0.560 bits per heavy atom. The van der Waals surface area contributed by atoms with Gasteiger partial charge in [0, 0.05) is 0 Å². The summed E-state index contributed by atoms with van der Waals surface area (Å²) in [5.41, 5.74) is 0. The highest BCUT2D eigenvalue weighted by Crippen LogP contribution is 2.60. The molecule has 0 rings (SSSR count). The van der Waals surface area contributed by atoms with Crippen LogP contribution in [0.2, 0.25) is 0 Å². The van der Waals surface area contributed by atoms with Crippen LogP contribution in [-0.4, -0.2) is 42.2 Å². The van der Waals surface area contributed by atoms with E-state index in [0.29, 0.717) is 0 Å². The third kappa shape index (κ3) is 3.25. The molecule has 0 aromatic heterocycles. The molecular formula is C10H5F15. The zero-order valence-corrected chi connectivity index (χ0v) is 11.1. The van der Waals surface area contributed by atoms with Crippen molar-refractivity contribution in [1.29, 1.82) is 0 Å². The third-order valence-corrected chi connectivity index (χ3v) is 2.88. The Labute approximate surface area is 128 Å². The van der Waals surface area contributed by atoms with E-state index in [2.05, 4.69) is 0 Å². The van der Waals surface area contributed by atoms with Gasteiger partial charge in [-0.2, -0.15) is 57.1 Å². The van der Waals surface area contributed by atoms with Crippen molar-refractivity contribution in [2.75, 3.05) is 0 Å². The van der Waals surface area contributed by atoms with Crippen molar-refractivity contribution in [2.45, 2.75) is 42.2 Å². The molecule has 0 aromatic rings. The highest BCUT2D eigenvalue weighted by atomic mass is 19.4. The summed E-state index contributed by atoms with van der Waals surface area (Å²) in [5.74, 6) is -42.9. The first-order valence-corrected chi connectivity index (χ1v) is 5.50. The van der Waals surface area contributed by atoms with E-state index >= 15 is 0 Å². The SMILES string of the molecule is C=CC(C(F)(F)F)C(F)(F)C(F)(F)C(F)(F)C(F)(F)C(F)(F)C(F)F. The van der Waals surface area contributed by atoms with E-state index in [0.717, 1.165) is 0 Å². The molecule has 0 spiro atoms. The molecule has 1 atom stereocenters. The Bertz CT molecular complexity index is 485. The first kappa shape index (κ1) is 23.7. The normalized spacial score (nSPS) is 17.0. The van der Waals surface area contributed by atoms with Crippen LogP contribution >= 0.6 is 0 Å². The fourth-order valence-corrected chi connectivity index (χ4v) is 1.44. The number of allylic oxidation sites excluding steroid dienone is 1. The maximum atomic E-state index is 13.2. The van der Waals surface area contributed by atoms with Crippen LogP contribution in [0.3, 0.4) is 0 Å². The van der Waals surface area contributed by atoms with Crippen molar-refractivity contribution in [3.05, 3.63) is 12.7 Å². The lowest BCUT2D eigenvalue weighted by atomic mass is 9.87. The first-order chi connectivity index (χ1) is 10.6. The van der Waals surface area contributed by atoms with Gasteiger partial charge in [-0.25, -0.2) is 8.78 Å². The Balaban J connectivity index is 6.43. The summed E-state index contributed by atoms with van der Waals surface area (Å²) in [4.78, 5) is 0. The standard InChI is InChI=1S/C10H5F15/c1-2-3(7(17,18)19)5(13,14)8(20,21)10(24,25)9(22,23)6(15,16)4(11)12/h2-4H,1H2. The monoisotopic (exact) mass is 410 g/mol. The second-order valence-corrected chi connectivity index (χ2v) is 4.52. The van der Waals surface area contributed by atoms with Crippen molar-refractivity contribution < 1.29 is 65.9 Å². The highest BCUT2D eigenvalue weighted by molar-refractivity contribution is 5.13. The second kappa shape index (κ2) is 6.14. The minimum atomic E-state index is -8.00. The van der Waals surface area contributed by atoms with Crippen molar-refractivity contribution in [1.82, 2.24) is 0 Å². The van der Waals surface area contributed by atoms with Gasteiger partial charge in [0.1, 0.15) is 5.92 Å². The molecule has 0 N–H and O–H groups in total. The van der Waals surface area contributed by atoms with E-state index in [9.17, 15) is 65.9 Å². The molecule has 0 aliphatic heterocycles. The van der Waals surface area contributed by atoms with Crippen LogP contribution in [0.5, 0.6) is 0 Å². The molecule has 0 amide bonds. The molecule has 0 aliphatic carbocycles. The molecule has 0 saturated carbocycles. The zero-order valence-electron chi connectivity index (χ0n) is 11.1. The molecular weight excluding hydrogens is 405 g/mol. The highest BCUT2D eigenvalue weighted by Gasteiger charge is 2.89. The summed E-state index contributed by atoms with van der Waals surface area (Å²) in [6.07, 6.45) is -13.2. The molecule has 25 heavy (non-hydrogen) atoms. The van der Waals surface area contributed by atoms with Gasteiger partial charge in [0.25, 0.3) is 0 Å². The number of halogens is 15. The molecule has 0 fully saturated rings. The molecule has 0 saturated heterocycles. The van der Waals surface area contributed by atoms with Gasteiger partial charge < -0.3 is 0 Å². The largest absolute Gasteiger partial charge is 0.401 e. The summed E-state index contributed by atoms with van der Waals surface area (Å²) >= 11 is 0. The molecule has 0 bridgehead atoms. The van der Waals surface area contributed by atoms with E-state index in [1.807, 2.05) is 6.58 Å². The Kier molecular flexibility index (Phi) is 5.82. The Morgan fingerprint density at radius 2 is 0.880 bits per heavy atom. The van der Waals surface area contributed by atoms with Gasteiger partial charge in [-0.3, -0.25) is 0 Å². The van der Waals surface area contributed by atoms with Gasteiger partial charge in [-0.05, 0) is 0 Å². The molecule has 1 unspecified atom stereocenters. The molecule has 0 aromatic carbocycles. The van der Waals surface area contributed by atoms with Crippen molar-refractivity contribution in [2.24, 2.45) is 5.92 Å². The molecule has 0 heterocycles. The lowest BCUT2D eigenvalue weighted by Gasteiger charge is -2.41. The summed E-state index contributed by atoms with van der Waals surface area (Å²) in [6.45, 7) is 1.99. The number of alkyl halides is 15. The van der Waals surface area contributed by atoms with Crippen LogP contribution in [0.15, 0.2) is 12.7 Å². The Hall–Kier alpha value is -1.31. The van der Waals surface area contributed by atoms with Crippen molar-refractivity contribution >= 4 is 0 Å². The van der Waals surface area contributed by atoms with Gasteiger partial charge in [0.15, 0.2) is 0 Å². The molecule has 0 aliphatic rings. The summed E-state index contributed by atoms with van der Waals surface area (Å²) in [7, 11) is 0. The minimum Gasteiger partial charge on any atom is -0.203 e. The maximum Gasteiger partial charge on any atom is 0.401 e. The van der Waals surface area contributed by atoms with Gasteiger partial charge in [0.2, 0.25) is 0 Å². The smallest absolute Gasteiger partial charge is 0.203 e. The third-order valence-electron chi connectivity index (χ3n) is 2.88. The number of hydrogen-bond acceptors (Lipinski definition) is 0. The van der Waals surface area contributed by atoms with E-state index in [1.165, 1.54) is 0 Å². The molecule has 0 nitrogen and oxygen atoms in total. The van der Waals surface area contributed by atoms with Gasteiger partial charge in [-0.15, -0.1) is 6.58 Å². The minimum absolute atomic E-state index is 1.06. The zero-order chi connectivity index (χ0) is 20.9. The number of hydrogen-bond donors (Lipinski definition) is 0. The van der Waals surface area contributed by atoms with Crippen LogP contribution < -0.4 is 0 Å². The summed E-state index contributed by atoms with van der Waals surface area (Å²) in [6, 6.07) is 0. The molecule has 0 radical (unpaired) electrons. The lowest BCUT2D eigenvalue weighted by molar-refractivity contribution is -0.423. The van der Waals surface area contributed by atoms with Crippen LogP contribution in [0.1, 0.15) is 0 Å². The average molecular weight is 410 g/mol. The van der Waals surface area contributed by atoms with E-state index in [-0.39, 0.29) is 0 Å². The van der Waals surface area contributed by atoms with Gasteiger partial charge in [-0.1, -0.05) is 6.08 Å². The fourth-order valence-electron chi connectivity index (χ4n) is 1.44. The second-order valence-electron chi connectivity index (χ2n) is 4.52. The quantitative estimate of drug-likeness (QED) is 0.368. The van der Waals surface area contributed by atoms with Crippen molar-refractivity contribution in [3.8, 4) is 0 Å². The topological polar surface area (TPSA) is 0 Å². The molecule has 15 heteroatoms. The van der Waals surface area contributed by atoms with E-state index in [4.69, 9.17) is 0 Å². The average Bonchev–Trinajstić information content (AvgIpc) is 2.35. The van der Waals surface area contributed by atoms with Crippen LogP contribution in [0.4, 0.5) is 65.9 Å². The van der Waals surface area contributed by atoms with Crippen LogP contribution in [0, 0.1) is 5.92 Å². The Morgan fingerprint density at radius 3 is 1.12 bits per heavy atom. The molecule has 150 valence electrons. The first-order valence-electron chi connectivity index (χ1n) is 5.50. The van der Waals surface area contributed by atoms with Crippen LogP contribution in [0.25, 0.3) is 0 Å². The number of rotatable bonds is 7.